The molecule has 0 saturated heterocycles. The Morgan fingerprint density at radius 1 is 0.727 bits per heavy atom. The van der Waals surface area contributed by atoms with Crippen LogP contribution in [-0.4, -0.2) is 31.8 Å². The monoisotopic (exact) mass is 318 g/mol. The van der Waals surface area contributed by atoms with Crippen molar-refractivity contribution in [2.75, 3.05) is 31.8 Å². The molecule has 0 bridgehead atoms. The number of thioether (sulfide) groups is 1. The molecule has 0 N–H and O–H groups in total. The largest absolute Gasteiger partial charge is 0.497 e. The summed E-state index contributed by atoms with van der Waals surface area (Å²) >= 11 is 1.89. The third-order valence-corrected chi connectivity index (χ3v) is 4.03. The molecule has 0 spiro atoms. The van der Waals surface area contributed by atoms with Crippen molar-refractivity contribution >= 4 is 11.8 Å². The molecule has 2 aromatic rings. The summed E-state index contributed by atoms with van der Waals surface area (Å²) in [5.41, 5.74) is 0. The first kappa shape index (κ1) is 16.6. The molecule has 0 aliphatic rings. The summed E-state index contributed by atoms with van der Waals surface area (Å²) in [5, 5.41) is 0. The zero-order valence-corrected chi connectivity index (χ0v) is 13.7. The Morgan fingerprint density at radius 2 is 1.36 bits per heavy atom. The molecule has 0 heterocycles. The fraction of sp³-hybridized carbons (Fsp3) is 0.333. The quantitative estimate of drug-likeness (QED) is 0.611. The number of hydrogen-bond donors (Lipinski definition) is 0. The van der Waals surface area contributed by atoms with Crippen LogP contribution in [0.15, 0.2) is 54.6 Å². The van der Waals surface area contributed by atoms with Gasteiger partial charge in [-0.15, -0.1) is 0 Å². The highest BCUT2D eigenvalue weighted by Crippen LogP contribution is 2.17. The molecule has 0 amide bonds. The minimum Gasteiger partial charge on any atom is -0.497 e. The Morgan fingerprint density at radius 3 is 2.09 bits per heavy atom. The molecule has 0 aromatic heterocycles. The van der Waals surface area contributed by atoms with E-state index in [1.807, 2.05) is 66.4 Å². The molecule has 0 aliphatic heterocycles. The minimum atomic E-state index is 0.719. The average Bonchev–Trinajstić information content (AvgIpc) is 2.59. The Kier molecular flexibility index (Phi) is 7.53. The van der Waals surface area contributed by atoms with Gasteiger partial charge >= 0.3 is 0 Å². The first-order chi connectivity index (χ1) is 10.9. The Bertz CT molecular complexity index is 514. The van der Waals surface area contributed by atoms with Crippen LogP contribution < -0.4 is 14.2 Å². The van der Waals surface area contributed by atoms with Crippen LogP contribution in [0.3, 0.4) is 0 Å². The van der Waals surface area contributed by atoms with Crippen molar-refractivity contribution in [1.29, 1.82) is 0 Å². The van der Waals surface area contributed by atoms with Crippen LogP contribution in [0.1, 0.15) is 6.42 Å². The fourth-order valence-electron chi connectivity index (χ4n) is 1.86. The topological polar surface area (TPSA) is 27.7 Å². The summed E-state index contributed by atoms with van der Waals surface area (Å²) in [5.74, 6) is 4.74. The summed E-state index contributed by atoms with van der Waals surface area (Å²) in [6, 6.07) is 17.6. The highest BCUT2D eigenvalue weighted by atomic mass is 32.2. The van der Waals surface area contributed by atoms with Gasteiger partial charge in [0.15, 0.2) is 0 Å². The number of hydrogen-bond acceptors (Lipinski definition) is 4. The van der Waals surface area contributed by atoms with Crippen molar-refractivity contribution < 1.29 is 14.2 Å². The molecular weight excluding hydrogens is 296 g/mol. The van der Waals surface area contributed by atoms with E-state index in [2.05, 4.69) is 0 Å². The van der Waals surface area contributed by atoms with E-state index in [-0.39, 0.29) is 0 Å². The number of rotatable bonds is 10. The van der Waals surface area contributed by atoms with E-state index in [4.69, 9.17) is 14.2 Å². The van der Waals surface area contributed by atoms with Gasteiger partial charge in [0.25, 0.3) is 0 Å². The second kappa shape index (κ2) is 10.0. The zero-order chi connectivity index (χ0) is 15.5. The van der Waals surface area contributed by atoms with Gasteiger partial charge in [-0.05, 0) is 48.6 Å². The molecule has 118 valence electrons. The molecule has 2 rings (SSSR count). The molecular formula is C18H22O3S. The van der Waals surface area contributed by atoms with Crippen molar-refractivity contribution in [2.45, 2.75) is 6.42 Å². The Hall–Kier alpha value is -1.81. The zero-order valence-electron chi connectivity index (χ0n) is 12.9. The molecule has 2 aromatic carbocycles. The highest BCUT2D eigenvalue weighted by Gasteiger charge is 1.96. The normalized spacial score (nSPS) is 10.2. The van der Waals surface area contributed by atoms with E-state index in [0.29, 0.717) is 0 Å². The van der Waals surface area contributed by atoms with Crippen molar-refractivity contribution in [3.63, 3.8) is 0 Å². The molecule has 3 nitrogen and oxygen atoms in total. The van der Waals surface area contributed by atoms with E-state index in [1.165, 1.54) is 0 Å². The molecule has 22 heavy (non-hydrogen) atoms. The van der Waals surface area contributed by atoms with Gasteiger partial charge < -0.3 is 14.2 Å². The molecule has 0 saturated carbocycles. The second-order valence-corrected chi connectivity index (χ2v) is 5.88. The standard InChI is InChI=1S/C18H22O3S/c1-19-16-8-10-18(11-9-16)21-13-15-22-14-5-12-20-17-6-3-2-4-7-17/h2-4,6-11H,5,12-15H2,1H3. The first-order valence-electron chi connectivity index (χ1n) is 7.41. The van der Waals surface area contributed by atoms with Gasteiger partial charge in [0.2, 0.25) is 0 Å². The lowest BCUT2D eigenvalue weighted by molar-refractivity contribution is 0.318. The van der Waals surface area contributed by atoms with Crippen LogP contribution in [0.2, 0.25) is 0 Å². The van der Waals surface area contributed by atoms with Crippen LogP contribution in [0.5, 0.6) is 17.2 Å². The molecule has 0 unspecified atom stereocenters. The van der Waals surface area contributed by atoms with Crippen LogP contribution in [0, 0.1) is 0 Å². The molecule has 4 heteroatoms. The maximum Gasteiger partial charge on any atom is 0.119 e. The number of methoxy groups -OCH3 is 1. The lowest BCUT2D eigenvalue weighted by atomic mass is 10.3. The van der Waals surface area contributed by atoms with Gasteiger partial charge in [0, 0.05) is 5.75 Å². The summed E-state index contributed by atoms with van der Waals surface area (Å²) in [6.07, 6.45) is 1.04. The summed E-state index contributed by atoms with van der Waals surface area (Å²) in [4.78, 5) is 0. The van der Waals surface area contributed by atoms with Gasteiger partial charge in [-0.2, -0.15) is 11.8 Å². The number of ether oxygens (including phenoxy) is 3. The maximum absolute atomic E-state index is 5.67. The first-order valence-corrected chi connectivity index (χ1v) is 8.56. The van der Waals surface area contributed by atoms with Crippen LogP contribution in [-0.2, 0) is 0 Å². The second-order valence-electron chi connectivity index (χ2n) is 4.65. The van der Waals surface area contributed by atoms with E-state index in [9.17, 15) is 0 Å². The van der Waals surface area contributed by atoms with Crippen LogP contribution in [0.4, 0.5) is 0 Å². The van der Waals surface area contributed by atoms with E-state index < -0.39 is 0 Å². The van der Waals surface area contributed by atoms with E-state index in [1.54, 1.807) is 7.11 Å². The average molecular weight is 318 g/mol. The van der Waals surface area contributed by atoms with Gasteiger partial charge in [-0.3, -0.25) is 0 Å². The molecule has 0 aliphatic carbocycles. The number of benzene rings is 2. The smallest absolute Gasteiger partial charge is 0.119 e. The molecule has 0 atom stereocenters. The lowest BCUT2D eigenvalue weighted by Gasteiger charge is -2.07. The van der Waals surface area contributed by atoms with Gasteiger partial charge in [0.1, 0.15) is 17.2 Å². The molecule has 0 radical (unpaired) electrons. The highest BCUT2D eigenvalue weighted by molar-refractivity contribution is 7.99. The Balaban J connectivity index is 1.47. The van der Waals surface area contributed by atoms with Gasteiger partial charge in [0.05, 0.1) is 20.3 Å². The van der Waals surface area contributed by atoms with Gasteiger partial charge in [-0.1, -0.05) is 18.2 Å². The van der Waals surface area contributed by atoms with Crippen molar-refractivity contribution in [1.82, 2.24) is 0 Å². The fourth-order valence-corrected chi connectivity index (χ4v) is 2.59. The molecule has 0 fully saturated rings. The van der Waals surface area contributed by atoms with Crippen molar-refractivity contribution in [3.05, 3.63) is 54.6 Å². The predicted octanol–water partition coefficient (Wildman–Crippen LogP) is 4.28. The van der Waals surface area contributed by atoms with E-state index >= 15 is 0 Å². The predicted molar refractivity (Wildman–Crippen MR) is 92.4 cm³/mol. The third kappa shape index (κ3) is 6.31. The van der Waals surface area contributed by atoms with Crippen molar-refractivity contribution in [2.24, 2.45) is 0 Å². The SMILES string of the molecule is COc1ccc(OCCSCCCOc2ccccc2)cc1. The number of para-hydroxylation sites is 1. The lowest BCUT2D eigenvalue weighted by Crippen LogP contribution is -2.03. The van der Waals surface area contributed by atoms with Crippen molar-refractivity contribution in [3.8, 4) is 17.2 Å². The summed E-state index contributed by atoms with van der Waals surface area (Å²) in [6.45, 7) is 1.48. The third-order valence-electron chi connectivity index (χ3n) is 3.00. The van der Waals surface area contributed by atoms with Crippen LogP contribution >= 0.6 is 11.8 Å². The minimum absolute atomic E-state index is 0.719. The van der Waals surface area contributed by atoms with Gasteiger partial charge in [-0.25, -0.2) is 0 Å². The van der Waals surface area contributed by atoms with Crippen LogP contribution in [0.25, 0.3) is 0 Å². The summed E-state index contributed by atoms with van der Waals surface area (Å²) in [7, 11) is 1.66. The Labute approximate surface area is 136 Å². The van der Waals surface area contributed by atoms with E-state index in [0.717, 1.165) is 48.4 Å². The summed E-state index contributed by atoms with van der Waals surface area (Å²) < 4.78 is 16.4. The maximum atomic E-state index is 5.67.